The van der Waals surface area contributed by atoms with Gasteiger partial charge in [0.25, 0.3) is 0 Å². The van der Waals surface area contributed by atoms with Crippen LogP contribution in [0.1, 0.15) is 6.42 Å². The highest BCUT2D eigenvalue weighted by atomic mass is 35.5. The highest BCUT2D eigenvalue weighted by Gasteiger charge is 2.28. The van der Waals surface area contributed by atoms with Gasteiger partial charge in [-0.2, -0.15) is 0 Å². The van der Waals surface area contributed by atoms with E-state index in [1.807, 2.05) is 7.05 Å². The van der Waals surface area contributed by atoms with Gasteiger partial charge in [0.05, 0.1) is 12.0 Å². The second-order valence-corrected chi connectivity index (χ2v) is 3.10. The predicted molar refractivity (Wildman–Crippen MR) is 37.8 cm³/mol. The molecule has 1 fully saturated rings. The lowest BCUT2D eigenvalue weighted by Gasteiger charge is -2.18. The molecular weight excluding hydrogens is 138 g/mol. The molecular formula is C6H12ClNO. The monoisotopic (exact) mass is 149 g/mol. The van der Waals surface area contributed by atoms with E-state index < -0.39 is 0 Å². The van der Waals surface area contributed by atoms with Crippen molar-refractivity contribution in [2.24, 2.45) is 0 Å². The zero-order valence-electron chi connectivity index (χ0n) is 5.55. The van der Waals surface area contributed by atoms with E-state index in [2.05, 4.69) is 4.90 Å². The lowest BCUT2D eigenvalue weighted by Crippen LogP contribution is -2.33. The molecule has 1 saturated heterocycles. The number of hydrogen-bond acceptors (Lipinski definition) is 2. The topological polar surface area (TPSA) is 23.5 Å². The number of nitrogens with zero attached hydrogens (tertiary/aromatic N) is 1. The Morgan fingerprint density at radius 2 is 2.44 bits per heavy atom. The molecule has 0 spiro atoms. The Bertz CT molecular complexity index is 89.1. The van der Waals surface area contributed by atoms with Crippen LogP contribution in [0.4, 0.5) is 0 Å². The van der Waals surface area contributed by atoms with Crippen molar-refractivity contribution in [2.75, 3.05) is 20.2 Å². The van der Waals surface area contributed by atoms with Crippen molar-refractivity contribution in [3.8, 4) is 0 Å². The number of aliphatic hydroxyl groups is 1. The van der Waals surface area contributed by atoms with E-state index in [9.17, 15) is 0 Å². The number of hydrogen-bond donors (Lipinski definition) is 1. The third-order valence-electron chi connectivity index (χ3n) is 1.93. The van der Waals surface area contributed by atoms with Gasteiger partial charge < -0.3 is 5.11 Å². The molecule has 2 atom stereocenters. The van der Waals surface area contributed by atoms with Crippen molar-refractivity contribution in [2.45, 2.75) is 17.8 Å². The molecule has 3 heteroatoms. The van der Waals surface area contributed by atoms with Gasteiger partial charge in [-0.1, -0.05) is 0 Å². The summed E-state index contributed by atoms with van der Waals surface area (Å²) in [6, 6.07) is 0.187. The zero-order valence-corrected chi connectivity index (χ0v) is 6.30. The first-order chi connectivity index (χ1) is 4.25. The number of likely N-dealkylation sites (tertiary alicyclic amines) is 1. The average molecular weight is 150 g/mol. The summed E-state index contributed by atoms with van der Waals surface area (Å²) in [5, 5.41) is 8.93. The smallest absolute Gasteiger partial charge is 0.0601 e. The van der Waals surface area contributed by atoms with Crippen molar-refractivity contribution in [1.82, 2.24) is 4.90 Å². The summed E-state index contributed by atoms with van der Waals surface area (Å²) in [7, 11) is 1.99. The molecule has 1 aliphatic heterocycles. The van der Waals surface area contributed by atoms with Crippen LogP contribution in [0, 0.1) is 0 Å². The van der Waals surface area contributed by atoms with Crippen LogP contribution in [-0.2, 0) is 0 Å². The third kappa shape index (κ3) is 1.37. The van der Waals surface area contributed by atoms with Crippen molar-refractivity contribution in [3.05, 3.63) is 0 Å². The molecule has 1 heterocycles. The van der Waals surface area contributed by atoms with Crippen LogP contribution in [0.25, 0.3) is 0 Å². The molecule has 0 saturated carbocycles. The number of likely N-dealkylation sites (N-methyl/N-ethyl adjacent to an activating group) is 1. The first-order valence-corrected chi connectivity index (χ1v) is 3.64. The SMILES string of the molecule is CN1CC[C@H](Cl)[C@@H]1CO. The minimum atomic E-state index is 0.153. The van der Waals surface area contributed by atoms with Crippen molar-refractivity contribution in [3.63, 3.8) is 0 Å². The van der Waals surface area contributed by atoms with Gasteiger partial charge in [-0.15, -0.1) is 11.6 Å². The van der Waals surface area contributed by atoms with Crippen LogP contribution < -0.4 is 0 Å². The molecule has 0 unspecified atom stereocenters. The van der Waals surface area contributed by atoms with E-state index in [4.69, 9.17) is 16.7 Å². The molecule has 0 aromatic carbocycles. The minimum Gasteiger partial charge on any atom is -0.395 e. The maximum atomic E-state index is 8.78. The lowest BCUT2D eigenvalue weighted by molar-refractivity contribution is 0.183. The van der Waals surface area contributed by atoms with Gasteiger partial charge in [0.1, 0.15) is 0 Å². The molecule has 0 radical (unpaired) electrons. The zero-order chi connectivity index (χ0) is 6.85. The highest BCUT2D eigenvalue weighted by molar-refractivity contribution is 6.21. The maximum absolute atomic E-state index is 8.78. The van der Waals surface area contributed by atoms with Gasteiger partial charge in [-0.25, -0.2) is 0 Å². The summed E-state index contributed by atoms with van der Waals surface area (Å²) in [5.41, 5.74) is 0. The molecule has 54 valence electrons. The summed E-state index contributed by atoms with van der Waals surface area (Å²) in [6.45, 7) is 1.20. The first-order valence-electron chi connectivity index (χ1n) is 3.21. The van der Waals surface area contributed by atoms with Gasteiger partial charge in [0, 0.05) is 6.04 Å². The number of aliphatic hydroxyl groups excluding tert-OH is 1. The van der Waals surface area contributed by atoms with E-state index in [0.29, 0.717) is 0 Å². The Morgan fingerprint density at radius 1 is 1.78 bits per heavy atom. The van der Waals surface area contributed by atoms with Gasteiger partial charge in [-0.05, 0) is 20.0 Å². The molecule has 1 rings (SSSR count). The molecule has 1 aliphatic rings. The van der Waals surface area contributed by atoms with E-state index in [-0.39, 0.29) is 18.0 Å². The predicted octanol–water partition coefficient (Wildman–Crippen LogP) is 0.290. The summed E-state index contributed by atoms with van der Waals surface area (Å²) in [4.78, 5) is 2.09. The molecule has 0 aromatic rings. The molecule has 0 bridgehead atoms. The lowest BCUT2D eigenvalue weighted by atomic mass is 10.2. The highest BCUT2D eigenvalue weighted by Crippen LogP contribution is 2.20. The molecule has 1 N–H and O–H groups in total. The number of alkyl halides is 1. The van der Waals surface area contributed by atoms with Crippen LogP contribution in [0.2, 0.25) is 0 Å². The largest absolute Gasteiger partial charge is 0.395 e. The molecule has 2 nitrogen and oxygen atoms in total. The van der Waals surface area contributed by atoms with Gasteiger partial charge in [0.15, 0.2) is 0 Å². The van der Waals surface area contributed by atoms with Crippen LogP contribution in [0.15, 0.2) is 0 Å². The second-order valence-electron chi connectivity index (χ2n) is 2.54. The fourth-order valence-electron chi connectivity index (χ4n) is 1.22. The van der Waals surface area contributed by atoms with Crippen LogP contribution >= 0.6 is 11.6 Å². The summed E-state index contributed by atoms with van der Waals surface area (Å²) in [6.07, 6.45) is 1.00. The van der Waals surface area contributed by atoms with Crippen LogP contribution in [0.3, 0.4) is 0 Å². The average Bonchev–Trinajstić information content (AvgIpc) is 2.12. The first kappa shape index (κ1) is 7.32. The van der Waals surface area contributed by atoms with E-state index in [1.165, 1.54) is 0 Å². The van der Waals surface area contributed by atoms with Crippen molar-refractivity contribution >= 4 is 11.6 Å². The summed E-state index contributed by atoms with van der Waals surface area (Å²) >= 11 is 5.87. The molecule has 0 aliphatic carbocycles. The Kier molecular flexibility index (Phi) is 2.33. The van der Waals surface area contributed by atoms with Gasteiger partial charge in [-0.3, -0.25) is 4.90 Å². The Hall–Kier alpha value is 0.210. The van der Waals surface area contributed by atoms with Gasteiger partial charge >= 0.3 is 0 Å². The van der Waals surface area contributed by atoms with Gasteiger partial charge in [0.2, 0.25) is 0 Å². The Morgan fingerprint density at radius 3 is 2.67 bits per heavy atom. The normalized spacial score (nSPS) is 37.7. The van der Waals surface area contributed by atoms with Crippen molar-refractivity contribution in [1.29, 1.82) is 0 Å². The molecule has 9 heavy (non-hydrogen) atoms. The Balaban J connectivity index is 2.44. The van der Waals surface area contributed by atoms with Crippen molar-refractivity contribution < 1.29 is 5.11 Å². The van der Waals surface area contributed by atoms with Crippen LogP contribution in [0.5, 0.6) is 0 Å². The second kappa shape index (κ2) is 2.86. The summed E-state index contributed by atoms with van der Waals surface area (Å²) < 4.78 is 0. The molecule has 0 amide bonds. The third-order valence-corrected chi connectivity index (χ3v) is 2.44. The fraction of sp³-hybridized carbons (Fsp3) is 1.00. The number of rotatable bonds is 1. The Labute approximate surface area is 60.4 Å². The van der Waals surface area contributed by atoms with E-state index in [1.54, 1.807) is 0 Å². The fourth-order valence-corrected chi connectivity index (χ4v) is 1.58. The minimum absolute atomic E-state index is 0.153. The van der Waals surface area contributed by atoms with E-state index in [0.717, 1.165) is 13.0 Å². The van der Waals surface area contributed by atoms with Crippen LogP contribution in [-0.4, -0.2) is 41.6 Å². The van der Waals surface area contributed by atoms with E-state index >= 15 is 0 Å². The standard InChI is InChI=1S/C6H12ClNO/c1-8-3-2-5(7)6(8)4-9/h5-6,9H,2-4H2,1H3/t5-,6-/m0/s1. The summed E-state index contributed by atoms with van der Waals surface area (Å²) in [5.74, 6) is 0. The quantitative estimate of drug-likeness (QED) is 0.542. The maximum Gasteiger partial charge on any atom is 0.0601 e. The number of halogens is 1. The molecule has 0 aromatic heterocycles.